The Labute approximate surface area is 125 Å². The topological polar surface area (TPSA) is 42.7 Å². The van der Waals surface area contributed by atoms with E-state index in [2.05, 4.69) is 10.1 Å². The maximum Gasteiger partial charge on any atom is 0.214 e. The second kappa shape index (κ2) is 5.69. The Bertz CT molecular complexity index is 706. The fraction of sp³-hybridized carbons (Fsp3) is 0.286. The summed E-state index contributed by atoms with van der Waals surface area (Å²) < 4.78 is 20.1. The molecule has 110 valence electrons. The zero-order chi connectivity index (χ0) is 14.8. The summed E-state index contributed by atoms with van der Waals surface area (Å²) in [6, 6.07) is 6.01. The van der Waals surface area contributed by atoms with Crippen LogP contribution in [0.15, 0.2) is 30.5 Å². The van der Waals surface area contributed by atoms with E-state index in [0.717, 1.165) is 15.8 Å². The minimum absolute atomic E-state index is 0.263. The molecule has 3 rings (SSSR count). The third-order valence-electron chi connectivity index (χ3n) is 2.99. The first-order chi connectivity index (χ1) is 10.1. The first kappa shape index (κ1) is 13.8. The average molecular weight is 306 g/mol. The number of hydrogen-bond acceptors (Lipinski definition) is 5. The molecule has 0 atom stereocenters. The minimum atomic E-state index is -0.263. The molecule has 21 heavy (non-hydrogen) atoms. The van der Waals surface area contributed by atoms with Crippen molar-refractivity contribution >= 4 is 21.4 Å². The van der Waals surface area contributed by atoms with Crippen molar-refractivity contribution < 1.29 is 9.13 Å². The molecule has 0 unspecified atom stereocenters. The number of benzene rings is 1. The Morgan fingerprint density at radius 3 is 2.81 bits per heavy atom. The van der Waals surface area contributed by atoms with Gasteiger partial charge in [0.2, 0.25) is 10.1 Å². The molecule has 0 bridgehead atoms. The maximum atomic E-state index is 12.8. The highest BCUT2D eigenvalue weighted by atomic mass is 32.1. The van der Waals surface area contributed by atoms with Gasteiger partial charge >= 0.3 is 0 Å². The number of rotatable bonds is 5. The second-order valence-corrected chi connectivity index (χ2v) is 5.65. The molecule has 0 radical (unpaired) electrons. The van der Waals surface area contributed by atoms with Crippen LogP contribution in [-0.2, 0) is 0 Å². The van der Waals surface area contributed by atoms with Crippen LogP contribution in [0.25, 0.3) is 4.96 Å². The Balaban J connectivity index is 1.57. The van der Waals surface area contributed by atoms with Gasteiger partial charge in [0.25, 0.3) is 0 Å². The molecule has 5 nitrogen and oxygen atoms in total. The summed E-state index contributed by atoms with van der Waals surface area (Å²) in [5, 5.41) is 5.35. The molecule has 0 fully saturated rings. The van der Waals surface area contributed by atoms with Crippen LogP contribution in [0.3, 0.4) is 0 Å². The first-order valence-corrected chi connectivity index (χ1v) is 7.36. The van der Waals surface area contributed by atoms with Crippen LogP contribution in [0.1, 0.15) is 5.69 Å². The van der Waals surface area contributed by atoms with E-state index in [0.29, 0.717) is 18.9 Å². The van der Waals surface area contributed by atoms with Gasteiger partial charge in [-0.25, -0.2) is 13.9 Å². The highest BCUT2D eigenvalue weighted by molar-refractivity contribution is 7.20. The maximum absolute atomic E-state index is 12.8. The molecule has 0 spiro atoms. The number of halogens is 1. The standard InChI is InChI=1S/C14H15FN4OS/c1-10-9-19-13(16-10)21-14(17-19)18(2)7-8-20-12-5-3-11(15)4-6-12/h3-6,9H,7-8H2,1-2H3. The molecule has 0 aliphatic rings. The van der Waals surface area contributed by atoms with Crippen LogP contribution in [-0.4, -0.2) is 34.8 Å². The van der Waals surface area contributed by atoms with Crippen molar-refractivity contribution in [2.45, 2.75) is 6.92 Å². The summed E-state index contributed by atoms with van der Waals surface area (Å²) in [5.74, 6) is 0.398. The lowest BCUT2D eigenvalue weighted by molar-refractivity contribution is 0.325. The van der Waals surface area contributed by atoms with Crippen molar-refractivity contribution in [3.05, 3.63) is 42.0 Å². The summed E-state index contributed by atoms with van der Waals surface area (Å²) >= 11 is 1.54. The second-order valence-electron chi connectivity index (χ2n) is 4.72. The van der Waals surface area contributed by atoms with E-state index in [9.17, 15) is 4.39 Å². The third-order valence-corrected chi connectivity index (χ3v) is 4.03. The third kappa shape index (κ3) is 3.13. The summed E-state index contributed by atoms with van der Waals surface area (Å²) in [5.41, 5.74) is 0.961. The molecular weight excluding hydrogens is 291 g/mol. The molecule has 0 aliphatic carbocycles. The van der Waals surface area contributed by atoms with Crippen molar-refractivity contribution in [2.24, 2.45) is 0 Å². The molecule has 2 aromatic heterocycles. The SMILES string of the molecule is Cc1cn2nc(N(C)CCOc3ccc(F)cc3)sc2n1. The predicted octanol–water partition coefficient (Wildman–Crippen LogP) is 2.75. The minimum Gasteiger partial charge on any atom is -0.492 e. The number of fused-ring (bicyclic) bond motifs is 1. The van der Waals surface area contributed by atoms with Crippen LogP contribution in [0.5, 0.6) is 5.75 Å². The lowest BCUT2D eigenvalue weighted by Gasteiger charge is -2.15. The molecule has 0 aliphatic heterocycles. The number of imidazole rings is 1. The summed E-state index contributed by atoms with van der Waals surface area (Å²) in [6.07, 6.45) is 1.90. The van der Waals surface area contributed by atoms with E-state index in [1.165, 1.54) is 23.5 Å². The number of likely N-dealkylation sites (N-methyl/N-ethyl adjacent to an activating group) is 1. The molecule has 0 saturated heterocycles. The van der Waals surface area contributed by atoms with E-state index < -0.39 is 0 Å². The van der Waals surface area contributed by atoms with E-state index in [1.54, 1.807) is 16.6 Å². The summed E-state index contributed by atoms with van der Waals surface area (Å²) in [4.78, 5) is 7.27. The monoisotopic (exact) mass is 306 g/mol. The largest absolute Gasteiger partial charge is 0.492 e. The fourth-order valence-corrected chi connectivity index (χ4v) is 2.80. The van der Waals surface area contributed by atoms with E-state index in [-0.39, 0.29) is 5.82 Å². The highest BCUT2D eigenvalue weighted by Crippen LogP contribution is 2.22. The van der Waals surface area contributed by atoms with Crippen molar-refractivity contribution in [1.29, 1.82) is 0 Å². The van der Waals surface area contributed by atoms with Gasteiger partial charge in [-0.1, -0.05) is 11.3 Å². The molecular formula is C14H15FN4OS. The molecule has 2 heterocycles. The Morgan fingerprint density at radius 1 is 1.33 bits per heavy atom. The molecule has 1 aromatic carbocycles. The molecule has 7 heteroatoms. The zero-order valence-electron chi connectivity index (χ0n) is 11.8. The van der Waals surface area contributed by atoms with Gasteiger partial charge in [-0.05, 0) is 31.2 Å². The number of nitrogens with zero attached hydrogens (tertiary/aromatic N) is 4. The lowest BCUT2D eigenvalue weighted by atomic mass is 10.3. The Hall–Kier alpha value is -2.15. The van der Waals surface area contributed by atoms with Crippen LogP contribution in [0.2, 0.25) is 0 Å². The zero-order valence-corrected chi connectivity index (χ0v) is 12.6. The quantitative estimate of drug-likeness (QED) is 0.727. The van der Waals surface area contributed by atoms with Crippen LogP contribution in [0.4, 0.5) is 9.52 Å². The van der Waals surface area contributed by atoms with Crippen LogP contribution < -0.4 is 9.64 Å². The van der Waals surface area contributed by atoms with Gasteiger partial charge in [0, 0.05) is 7.05 Å². The van der Waals surface area contributed by atoms with Crippen molar-refractivity contribution in [1.82, 2.24) is 14.6 Å². The smallest absolute Gasteiger partial charge is 0.214 e. The molecule has 0 saturated carbocycles. The average Bonchev–Trinajstić information content (AvgIpc) is 2.98. The van der Waals surface area contributed by atoms with Crippen LogP contribution in [0, 0.1) is 12.7 Å². The number of ether oxygens (including phenoxy) is 1. The van der Waals surface area contributed by atoms with Gasteiger partial charge in [0.1, 0.15) is 18.2 Å². The molecule has 3 aromatic rings. The van der Waals surface area contributed by atoms with Gasteiger partial charge in [0.15, 0.2) is 0 Å². The first-order valence-electron chi connectivity index (χ1n) is 6.54. The number of anilines is 1. The van der Waals surface area contributed by atoms with Crippen molar-refractivity contribution in [3.8, 4) is 5.75 Å². The van der Waals surface area contributed by atoms with E-state index in [1.807, 2.05) is 25.1 Å². The summed E-state index contributed by atoms with van der Waals surface area (Å²) in [7, 11) is 1.96. The normalized spacial score (nSPS) is 11.0. The van der Waals surface area contributed by atoms with Crippen LogP contribution >= 0.6 is 11.3 Å². The van der Waals surface area contributed by atoms with Gasteiger partial charge < -0.3 is 9.64 Å². The van der Waals surface area contributed by atoms with Crippen molar-refractivity contribution in [2.75, 3.05) is 25.1 Å². The number of hydrogen-bond donors (Lipinski definition) is 0. The Kier molecular flexibility index (Phi) is 3.74. The predicted molar refractivity (Wildman–Crippen MR) is 80.8 cm³/mol. The van der Waals surface area contributed by atoms with Gasteiger partial charge in [-0.2, -0.15) is 0 Å². The van der Waals surface area contributed by atoms with Crippen molar-refractivity contribution in [3.63, 3.8) is 0 Å². The number of aromatic nitrogens is 3. The van der Waals surface area contributed by atoms with Gasteiger partial charge in [-0.3, -0.25) is 0 Å². The molecule has 0 N–H and O–H groups in total. The fourth-order valence-electron chi connectivity index (χ4n) is 1.88. The highest BCUT2D eigenvalue weighted by Gasteiger charge is 2.10. The van der Waals surface area contributed by atoms with Gasteiger partial charge in [-0.15, -0.1) is 5.10 Å². The van der Waals surface area contributed by atoms with E-state index in [4.69, 9.17) is 4.74 Å². The summed E-state index contributed by atoms with van der Waals surface area (Å²) in [6.45, 7) is 3.14. The number of aryl methyl sites for hydroxylation is 1. The molecule has 0 amide bonds. The van der Waals surface area contributed by atoms with E-state index >= 15 is 0 Å². The van der Waals surface area contributed by atoms with Gasteiger partial charge in [0.05, 0.1) is 18.4 Å². The Morgan fingerprint density at radius 2 is 2.10 bits per heavy atom. The lowest BCUT2D eigenvalue weighted by Crippen LogP contribution is -2.23.